The van der Waals surface area contributed by atoms with E-state index >= 15 is 0 Å². The first kappa shape index (κ1) is 7.84. The molecule has 1 aliphatic rings. The van der Waals surface area contributed by atoms with E-state index in [1.807, 2.05) is 6.20 Å². The molecule has 0 radical (unpaired) electrons. The molecule has 66 valence electrons. The minimum Gasteiger partial charge on any atom is -0.269 e. The zero-order chi connectivity index (χ0) is 8.39. The summed E-state index contributed by atoms with van der Waals surface area (Å²) in [5.41, 5.74) is 1.39. The zero-order valence-corrected chi connectivity index (χ0v) is 7.66. The lowest BCUT2D eigenvalue weighted by Crippen LogP contribution is -2.17. The van der Waals surface area contributed by atoms with Gasteiger partial charge in [0.15, 0.2) is 0 Å². The van der Waals surface area contributed by atoms with Crippen LogP contribution in [-0.4, -0.2) is 9.78 Å². The summed E-state index contributed by atoms with van der Waals surface area (Å²) >= 11 is 0. The largest absolute Gasteiger partial charge is 0.269 e. The molecule has 1 aromatic rings. The van der Waals surface area contributed by atoms with Crippen LogP contribution < -0.4 is 0 Å². The summed E-state index contributed by atoms with van der Waals surface area (Å²) in [4.78, 5) is 0. The summed E-state index contributed by atoms with van der Waals surface area (Å²) in [5, 5.41) is 4.37. The first-order chi connectivity index (χ1) is 5.90. The van der Waals surface area contributed by atoms with Gasteiger partial charge in [-0.2, -0.15) is 5.10 Å². The molecule has 1 aromatic heterocycles. The van der Waals surface area contributed by atoms with E-state index in [9.17, 15) is 0 Å². The molecule has 0 bridgehead atoms. The maximum atomic E-state index is 4.37. The van der Waals surface area contributed by atoms with Crippen LogP contribution in [0.4, 0.5) is 0 Å². The minimum absolute atomic E-state index is 0.718. The molecule has 1 saturated carbocycles. The average Bonchev–Trinajstić information content (AvgIpc) is 2.34. The molecule has 0 atom stereocenters. The third kappa shape index (κ3) is 1.38. The molecule has 1 fully saturated rings. The smallest absolute Gasteiger partial charge is 0.0521 e. The molecular formula is C10H16N2. The van der Waals surface area contributed by atoms with Gasteiger partial charge in [0.25, 0.3) is 0 Å². The van der Waals surface area contributed by atoms with Crippen molar-refractivity contribution in [1.82, 2.24) is 9.78 Å². The lowest BCUT2D eigenvalue weighted by atomic mass is 9.93. The summed E-state index contributed by atoms with van der Waals surface area (Å²) in [6.45, 7) is 2.21. The Hall–Kier alpha value is -0.790. The molecule has 0 N–H and O–H groups in total. The van der Waals surface area contributed by atoms with Gasteiger partial charge in [-0.25, -0.2) is 0 Å². The molecule has 1 aliphatic carbocycles. The van der Waals surface area contributed by atoms with E-state index in [0.29, 0.717) is 0 Å². The highest BCUT2D eigenvalue weighted by atomic mass is 15.3. The summed E-state index contributed by atoms with van der Waals surface area (Å²) in [6, 6.07) is 0.718. The van der Waals surface area contributed by atoms with Crippen LogP contribution in [0.3, 0.4) is 0 Å². The molecule has 2 nitrogen and oxygen atoms in total. The first-order valence-electron chi connectivity index (χ1n) is 4.93. The van der Waals surface area contributed by atoms with Crippen LogP contribution in [0.15, 0.2) is 12.4 Å². The molecule has 0 aromatic carbocycles. The van der Waals surface area contributed by atoms with E-state index in [4.69, 9.17) is 0 Å². The third-order valence-electron chi connectivity index (χ3n) is 2.64. The Balaban J connectivity index is 2.02. The number of aryl methyl sites for hydroxylation is 1. The number of hydrogen-bond acceptors (Lipinski definition) is 1. The summed E-state index contributed by atoms with van der Waals surface area (Å²) < 4.78 is 2.15. The molecule has 2 rings (SSSR count). The van der Waals surface area contributed by atoms with Crippen LogP contribution in [0.25, 0.3) is 0 Å². The third-order valence-corrected chi connectivity index (χ3v) is 2.64. The van der Waals surface area contributed by atoms with E-state index in [1.54, 1.807) is 0 Å². The maximum Gasteiger partial charge on any atom is 0.0521 e. The molecule has 0 aliphatic heterocycles. The van der Waals surface area contributed by atoms with Gasteiger partial charge in [-0.3, -0.25) is 4.68 Å². The maximum absolute atomic E-state index is 4.37. The van der Waals surface area contributed by atoms with E-state index in [-0.39, 0.29) is 0 Å². The Morgan fingerprint density at radius 1 is 1.58 bits per heavy atom. The Morgan fingerprint density at radius 3 is 3.00 bits per heavy atom. The lowest BCUT2D eigenvalue weighted by Gasteiger charge is -2.25. The van der Waals surface area contributed by atoms with E-state index < -0.39 is 0 Å². The van der Waals surface area contributed by atoms with Gasteiger partial charge >= 0.3 is 0 Å². The lowest BCUT2D eigenvalue weighted by molar-refractivity contribution is 0.289. The average molecular weight is 164 g/mol. The fourth-order valence-corrected chi connectivity index (χ4v) is 1.65. The van der Waals surface area contributed by atoms with Crippen LogP contribution in [0.2, 0.25) is 0 Å². The zero-order valence-electron chi connectivity index (χ0n) is 7.66. The van der Waals surface area contributed by atoms with Crippen molar-refractivity contribution in [3.05, 3.63) is 18.0 Å². The van der Waals surface area contributed by atoms with Gasteiger partial charge in [0.05, 0.1) is 12.2 Å². The normalized spacial score (nSPS) is 17.8. The Bertz CT molecular complexity index is 248. The second-order valence-electron chi connectivity index (χ2n) is 3.66. The highest BCUT2D eigenvalue weighted by molar-refractivity contribution is 5.04. The minimum atomic E-state index is 0.718. The van der Waals surface area contributed by atoms with Gasteiger partial charge in [-0.1, -0.05) is 13.3 Å². The fraction of sp³-hybridized carbons (Fsp3) is 0.700. The number of nitrogens with zero attached hydrogens (tertiary/aromatic N) is 2. The van der Waals surface area contributed by atoms with Crippen LogP contribution in [0.1, 0.15) is 44.2 Å². The first-order valence-corrected chi connectivity index (χ1v) is 4.93. The van der Waals surface area contributed by atoms with Crippen LogP contribution in [-0.2, 0) is 6.42 Å². The van der Waals surface area contributed by atoms with Gasteiger partial charge in [0, 0.05) is 6.20 Å². The number of aromatic nitrogens is 2. The van der Waals surface area contributed by atoms with Crippen molar-refractivity contribution in [1.29, 1.82) is 0 Å². The topological polar surface area (TPSA) is 17.8 Å². The van der Waals surface area contributed by atoms with E-state index in [2.05, 4.69) is 22.9 Å². The van der Waals surface area contributed by atoms with Crippen molar-refractivity contribution in [3.63, 3.8) is 0 Å². The molecule has 0 spiro atoms. The summed E-state index contributed by atoms with van der Waals surface area (Å²) in [6.07, 6.45) is 10.7. The van der Waals surface area contributed by atoms with Crippen molar-refractivity contribution >= 4 is 0 Å². The molecule has 0 unspecified atom stereocenters. The van der Waals surface area contributed by atoms with Crippen molar-refractivity contribution in [2.45, 2.75) is 45.1 Å². The van der Waals surface area contributed by atoms with Crippen LogP contribution >= 0.6 is 0 Å². The molecular weight excluding hydrogens is 148 g/mol. The highest BCUT2D eigenvalue weighted by Crippen LogP contribution is 2.30. The van der Waals surface area contributed by atoms with Crippen LogP contribution in [0.5, 0.6) is 0 Å². The number of hydrogen-bond donors (Lipinski definition) is 0. The molecule has 0 amide bonds. The summed E-state index contributed by atoms with van der Waals surface area (Å²) in [7, 11) is 0. The Morgan fingerprint density at radius 2 is 2.42 bits per heavy atom. The van der Waals surface area contributed by atoms with Gasteiger partial charge in [-0.15, -0.1) is 0 Å². The molecule has 0 saturated heterocycles. The molecule has 2 heteroatoms. The second-order valence-corrected chi connectivity index (χ2v) is 3.66. The van der Waals surface area contributed by atoms with Gasteiger partial charge in [-0.05, 0) is 31.2 Å². The standard InChI is InChI=1S/C10H16N2/c1-2-4-9-7-11-12(8-9)10-5-3-6-10/h7-8,10H,2-6H2,1H3. The van der Waals surface area contributed by atoms with Gasteiger partial charge in [0.1, 0.15) is 0 Å². The molecule has 1 heterocycles. The van der Waals surface area contributed by atoms with Crippen molar-refractivity contribution < 1.29 is 0 Å². The van der Waals surface area contributed by atoms with Gasteiger partial charge in [0.2, 0.25) is 0 Å². The predicted molar refractivity (Wildman–Crippen MR) is 49.1 cm³/mol. The summed E-state index contributed by atoms with van der Waals surface area (Å²) in [5.74, 6) is 0. The van der Waals surface area contributed by atoms with Crippen molar-refractivity contribution in [2.75, 3.05) is 0 Å². The Labute approximate surface area is 73.6 Å². The van der Waals surface area contributed by atoms with Crippen molar-refractivity contribution in [3.8, 4) is 0 Å². The number of rotatable bonds is 3. The van der Waals surface area contributed by atoms with Gasteiger partial charge < -0.3 is 0 Å². The quantitative estimate of drug-likeness (QED) is 0.671. The second kappa shape index (κ2) is 3.30. The predicted octanol–water partition coefficient (Wildman–Crippen LogP) is 2.56. The molecule has 12 heavy (non-hydrogen) atoms. The van der Waals surface area contributed by atoms with E-state index in [0.717, 1.165) is 6.04 Å². The monoisotopic (exact) mass is 164 g/mol. The van der Waals surface area contributed by atoms with Crippen molar-refractivity contribution in [2.24, 2.45) is 0 Å². The fourth-order valence-electron chi connectivity index (χ4n) is 1.65. The van der Waals surface area contributed by atoms with E-state index in [1.165, 1.54) is 37.7 Å². The SMILES string of the molecule is CCCc1cnn(C2CCC2)c1. The van der Waals surface area contributed by atoms with Crippen LogP contribution in [0, 0.1) is 0 Å². The highest BCUT2D eigenvalue weighted by Gasteiger charge is 2.19. The Kier molecular flexibility index (Phi) is 2.15.